The van der Waals surface area contributed by atoms with Gasteiger partial charge in [-0.1, -0.05) is 47.5 Å². The Kier molecular flexibility index (Phi) is 7.30. The fraction of sp³-hybridized carbons (Fsp3) is 0.208. The van der Waals surface area contributed by atoms with Crippen molar-refractivity contribution < 1.29 is 23.1 Å². The molecule has 0 saturated heterocycles. The number of carboxylic acids is 1. The van der Waals surface area contributed by atoms with E-state index in [0.717, 1.165) is 58.9 Å². The maximum atomic E-state index is 10.6. The van der Waals surface area contributed by atoms with E-state index >= 15 is 0 Å². The highest BCUT2D eigenvalue weighted by atomic mass is 35.5. The molecule has 2 aromatic heterocycles. The van der Waals surface area contributed by atoms with E-state index in [-0.39, 0.29) is 0 Å². The van der Waals surface area contributed by atoms with Gasteiger partial charge >= 0.3 is 12.1 Å². The fourth-order valence-corrected chi connectivity index (χ4v) is 4.07. The van der Waals surface area contributed by atoms with E-state index in [1.165, 1.54) is 11.3 Å². The number of pyridine rings is 1. The lowest BCUT2D eigenvalue weighted by Gasteiger charge is -2.26. The molecule has 0 fully saturated rings. The van der Waals surface area contributed by atoms with Gasteiger partial charge in [-0.15, -0.1) is 0 Å². The smallest absolute Gasteiger partial charge is 0.475 e. The van der Waals surface area contributed by atoms with Gasteiger partial charge in [-0.3, -0.25) is 15.0 Å². The predicted molar refractivity (Wildman–Crippen MR) is 127 cm³/mol. The molecule has 3 heterocycles. The summed E-state index contributed by atoms with van der Waals surface area (Å²) in [6, 6.07) is 17.9. The summed E-state index contributed by atoms with van der Waals surface area (Å²) in [6.45, 7) is 2.62. The first-order valence-electron chi connectivity index (χ1n) is 10.5. The Hall–Kier alpha value is -3.14. The molecule has 0 aliphatic carbocycles. The molecule has 4 aromatic rings. The summed E-state index contributed by atoms with van der Waals surface area (Å²) >= 11 is 12.2. The van der Waals surface area contributed by atoms with Crippen molar-refractivity contribution in [2.45, 2.75) is 25.7 Å². The summed E-state index contributed by atoms with van der Waals surface area (Å²) in [4.78, 5) is 16.1. The number of H-pyrrole nitrogens is 1. The molecule has 0 radical (unpaired) electrons. The standard InChI is InChI=1S/C22H18Cl2N4.C2HF3O2/c23-16-5-2-15(3-6-16)22-19-13-28(10-9-20(19)26-27-22)12-18-8-4-14-1-7-17(24)11-21(14)25-18;3-2(4,5)1(6)7/h1-8,11H,9-10,12-13H2,(H,26,27);(H,6,7). The molecule has 2 aromatic carbocycles. The quantitative estimate of drug-likeness (QED) is 0.338. The van der Waals surface area contributed by atoms with Crippen LogP contribution in [-0.4, -0.2) is 43.9 Å². The Labute approximate surface area is 208 Å². The summed E-state index contributed by atoms with van der Waals surface area (Å²) in [6.07, 6.45) is -4.13. The first kappa shape index (κ1) is 25.0. The number of carbonyl (C=O) groups is 1. The topological polar surface area (TPSA) is 82.1 Å². The van der Waals surface area contributed by atoms with Gasteiger partial charge in [0.05, 0.1) is 16.9 Å². The molecule has 0 atom stereocenters. The first-order valence-corrected chi connectivity index (χ1v) is 11.3. The van der Waals surface area contributed by atoms with Gasteiger partial charge in [0.15, 0.2) is 0 Å². The predicted octanol–water partition coefficient (Wildman–Crippen LogP) is 6.12. The minimum Gasteiger partial charge on any atom is -0.475 e. The monoisotopic (exact) mass is 522 g/mol. The zero-order valence-corrected chi connectivity index (χ0v) is 19.6. The number of halogens is 5. The van der Waals surface area contributed by atoms with E-state index in [1.807, 2.05) is 42.5 Å². The number of alkyl halides is 3. The number of aliphatic carboxylic acids is 1. The van der Waals surface area contributed by atoms with Gasteiger partial charge in [0, 0.05) is 58.3 Å². The minimum absolute atomic E-state index is 0.714. The molecule has 0 amide bonds. The molecule has 35 heavy (non-hydrogen) atoms. The van der Waals surface area contributed by atoms with E-state index in [9.17, 15) is 13.2 Å². The van der Waals surface area contributed by atoms with Crippen LogP contribution in [0.3, 0.4) is 0 Å². The van der Waals surface area contributed by atoms with Gasteiger partial charge in [-0.2, -0.15) is 18.3 Å². The minimum atomic E-state index is -5.08. The highest BCUT2D eigenvalue weighted by Gasteiger charge is 2.38. The number of aromatic nitrogens is 3. The second kappa shape index (κ2) is 10.2. The second-order valence-electron chi connectivity index (χ2n) is 7.94. The lowest BCUT2D eigenvalue weighted by atomic mass is 10.0. The maximum Gasteiger partial charge on any atom is 0.490 e. The van der Waals surface area contributed by atoms with Gasteiger partial charge in [0.2, 0.25) is 0 Å². The lowest BCUT2D eigenvalue weighted by molar-refractivity contribution is -0.192. The van der Waals surface area contributed by atoms with Crippen molar-refractivity contribution >= 4 is 40.1 Å². The molecular formula is C24H19Cl2F3N4O2. The van der Waals surface area contributed by atoms with Crippen LogP contribution >= 0.6 is 23.2 Å². The molecule has 0 unspecified atom stereocenters. The summed E-state index contributed by atoms with van der Waals surface area (Å²) in [7, 11) is 0. The van der Waals surface area contributed by atoms with Crippen LogP contribution in [0.15, 0.2) is 54.6 Å². The summed E-state index contributed by atoms with van der Waals surface area (Å²) < 4.78 is 31.7. The molecule has 11 heteroatoms. The van der Waals surface area contributed by atoms with Gasteiger partial charge in [0.25, 0.3) is 0 Å². The molecule has 6 nitrogen and oxygen atoms in total. The first-order chi connectivity index (χ1) is 16.6. The summed E-state index contributed by atoms with van der Waals surface area (Å²) in [5, 5.41) is 17.5. The zero-order chi connectivity index (χ0) is 25.2. The average Bonchev–Trinajstić information content (AvgIpc) is 3.22. The van der Waals surface area contributed by atoms with E-state index in [0.29, 0.717) is 5.02 Å². The molecule has 0 bridgehead atoms. The SMILES string of the molecule is Clc1ccc(-c2n[nH]c3c2CN(Cc2ccc4ccc(Cl)cc4n2)CC3)cc1.O=C(O)C(F)(F)F. The Morgan fingerprint density at radius 2 is 1.71 bits per heavy atom. The number of benzene rings is 2. The van der Waals surface area contributed by atoms with Crippen molar-refractivity contribution in [1.29, 1.82) is 0 Å². The summed E-state index contributed by atoms with van der Waals surface area (Å²) in [5.74, 6) is -2.76. The molecule has 1 aliphatic rings. The van der Waals surface area contributed by atoms with E-state index in [4.69, 9.17) is 38.1 Å². The molecular weight excluding hydrogens is 504 g/mol. The number of fused-ring (bicyclic) bond motifs is 2. The van der Waals surface area contributed by atoms with Crippen molar-refractivity contribution in [3.8, 4) is 11.3 Å². The maximum absolute atomic E-state index is 10.6. The van der Waals surface area contributed by atoms with Crippen molar-refractivity contribution in [2.75, 3.05) is 6.54 Å². The number of nitrogens with one attached hydrogen (secondary N) is 1. The molecule has 2 N–H and O–H groups in total. The Bertz CT molecular complexity index is 1360. The number of hydrogen-bond donors (Lipinski definition) is 2. The van der Waals surface area contributed by atoms with Crippen LogP contribution in [0.1, 0.15) is 17.0 Å². The Morgan fingerprint density at radius 1 is 1.06 bits per heavy atom. The van der Waals surface area contributed by atoms with Crippen LogP contribution < -0.4 is 0 Å². The van der Waals surface area contributed by atoms with Crippen molar-refractivity contribution in [3.05, 3.63) is 81.6 Å². The normalized spacial score (nSPS) is 13.7. The Balaban J connectivity index is 0.000000364. The summed E-state index contributed by atoms with van der Waals surface area (Å²) in [5.41, 5.74) is 6.57. The van der Waals surface area contributed by atoms with Gasteiger partial charge in [-0.05, 0) is 30.3 Å². The molecule has 182 valence electrons. The molecule has 5 rings (SSSR count). The third-order valence-electron chi connectivity index (χ3n) is 5.47. The van der Waals surface area contributed by atoms with E-state index in [1.54, 1.807) is 0 Å². The third kappa shape index (κ3) is 6.11. The van der Waals surface area contributed by atoms with E-state index in [2.05, 4.69) is 27.2 Å². The highest BCUT2D eigenvalue weighted by molar-refractivity contribution is 6.31. The number of aromatic amines is 1. The highest BCUT2D eigenvalue weighted by Crippen LogP contribution is 2.30. The van der Waals surface area contributed by atoms with Crippen LogP contribution in [0.25, 0.3) is 22.2 Å². The largest absolute Gasteiger partial charge is 0.490 e. The van der Waals surface area contributed by atoms with Crippen LogP contribution in [0.5, 0.6) is 0 Å². The second-order valence-corrected chi connectivity index (χ2v) is 8.81. The Morgan fingerprint density at radius 3 is 2.40 bits per heavy atom. The third-order valence-corrected chi connectivity index (χ3v) is 5.96. The van der Waals surface area contributed by atoms with Crippen molar-refractivity contribution in [1.82, 2.24) is 20.1 Å². The lowest BCUT2D eigenvalue weighted by Crippen LogP contribution is -2.30. The number of carboxylic acid groups (broad SMARTS) is 1. The van der Waals surface area contributed by atoms with E-state index < -0.39 is 12.1 Å². The van der Waals surface area contributed by atoms with Crippen molar-refractivity contribution in [3.63, 3.8) is 0 Å². The number of nitrogens with zero attached hydrogens (tertiary/aromatic N) is 3. The molecule has 1 aliphatic heterocycles. The fourth-order valence-electron chi connectivity index (χ4n) is 3.78. The zero-order valence-electron chi connectivity index (χ0n) is 18.1. The van der Waals surface area contributed by atoms with Gasteiger partial charge < -0.3 is 5.11 Å². The van der Waals surface area contributed by atoms with Crippen LogP contribution in [-0.2, 0) is 24.3 Å². The number of hydrogen-bond acceptors (Lipinski definition) is 4. The van der Waals surface area contributed by atoms with Gasteiger partial charge in [-0.25, -0.2) is 4.79 Å². The van der Waals surface area contributed by atoms with Crippen molar-refractivity contribution in [2.24, 2.45) is 0 Å². The van der Waals surface area contributed by atoms with Crippen LogP contribution in [0.4, 0.5) is 13.2 Å². The van der Waals surface area contributed by atoms with Crippen LogP contribution in [0.2, 0.25) is 10.0 Å². The van der Waals surface area contributed by atoms with Gasteiger partial charge in [0.1, 0.15) is 0 Å². The van der Waals surface area contributed by atoms with Crippen LogP contribution in [0, 0.1) is 0 Å². The number of rotatable bonds is 3. The molecule has 0 saturated carbocycles. The average molecular weight is 523 g/mol. The molecule has 0 spiro atoms.